The van der Waals surface area contributed by atoms with E-state index in [0.717, 1.165) is 12.1 Å². The van der Waals surface area contributed by atoms with Crippen LogP contribution in [0.4, 0.5) is 14.5 Å². The van der Waals surface area contributed by atoms with Gasteiger partial charge in [0.25, 0.3) is 0 Å². The van der Waals surface area contributed by atoms with Crippen molar-refractivity contribution in [2.24, 2.45) is 0 Å². The van der Waals surface area contributed by atoms with Crippen molar-refractivity contribution in [1.82, 2.24) is 0 Å². The van der Waals surface area contributed by atoms with Gasteiger partial charge in [-0.2, -0.15) is 0 Å². The fourth-order valence-electron chi connectivity index (χ4n) is 1.61. The standard InChI is InChI=1S/C14H10ClF2NO2/c15-8-4-5-9(13(18)6-8)14(19)20-7-10-11(16)2-1-3-12(10)17/h1-6H,7,18H2. The number of ether oxygens (including phenoxy) is 1. The number of carbonyl (C=O) groups is 1. The van der Waals surface area contributed by atoms with Crippen LogP contribution in [0.25, 0.3) is 0 Å². The molecule has 0 spiro atoms. The lowest BCUT2D eigenvalue weighted by Gasteiger charge is -2.08. The number of anilines is 1. The van der Waals surface area contributed by atoms with Crippen LogP contribution in [0.1, 0.15) is 15.9 Å². The number of nitrogen functional groups attached to an aromatic ring is 1. The first-order valence-electron chi connectivity index (χ1n) is 5.64. The first-order valence-corrected chi connectivity index (χ1v) is 6.02. The Kier molecular flexibility index (Phi) is 4.20. The van der Waals surface area contributed by atoms with E-state index in [1.54, 1.807) is 0 Å². The number of rotatable bonds is 3. The number of carbonyl (C=O) groups excluding carboxylic acids is 1. The van der Waals surface area contributed by atoms with Gasteiger partial charge in [0.15, 0.2) is 0 Å². The Morgan fingerprint density at radius 3 is 2.45 bits per heavy atom. The number of hydrogen-bond acceptors (Lipinski definition) is 3. The van der Waals surface area contributed by atoms with E-state index in [4.69, 9.17) is 22.1 Å². The Bertz CT molecular complexity index is 641. The lowest BCUT2D eigenvalue weighted by molar-refractivity contribution is 0.0466. The van der Waals surface area contributed by atoms with Crippen molar-refractivity contribution in [3.05, 3.63) is 64.2 Å². The molecular weight excluding hydrogens is 288 g/mol. The summed E-state index contributed by atoms with van der Waals surface area (Å²) in [7, 11) is 0. The van der Waals surface area contributed by atoms with Gasteiger partial charge in [0, 0.05) is 10.7 Å². The first-order chi connectivity index (χ1) is 9.49. The summed E-state index contributed by atoms with van der Waals surface area (Å²) < 4.78 is 31.6. The Morgan fingerprint density at radius 2 is 1.85 bits per heavy atom. The summed E-state index contributed by atoms with van der Waals surface area (Å²) in [4.78, 5) is 11.8. The van der Waals surface area contributed by atoms with E-state index in [9.17, 15) is 13.6 Å². The van der Waals surface area contributed by atoms with Gasteiger partial charge in [0.1, 0.15) is 18.2 Å². The summed E-state index contributed by atoms with van der Waals surface area (Å²) >= 11 is 5.70. The minimum Gasteiger partial charge on any atom is -0.457 e. The maximum absolute atomic E-state index is 13.4. The Labute approximate surface area is 118 Å². The van der Waals surface area contributed by atoms with Crippen molar-refractivity contribution in [3.63, 3.8) is 0 Å². The molecule has 2 rings (SSSR count). The smallest absolute Gasteiger partial charge is 0.340 e. The van der Waals surface area contributed by atoms with E-state index in [1.165, 1.54) is 24.3 Å². The zero-order chi connectivity index (χ0) is 14.7. The molecule has 6 heteroatoms. The van der Waals surface area contributed by atoms with Gasteiger partial charge < -0.3 is 10.5 Å². The SMILES string of the molecule is Nc1cc(Cl)ccc1C(=O)OCc1c(F)cccc1F. The molecule has 3 nitrogen and oxygen atoms in total. The quantitative estimate of drug-likeness (QED) is 0.696. The minimum atomic E-state index is -0.776. The second kappa shape index (κ2) is 5.88. The number of esters is 1. The van der Waals surface area contributed by atoms with Crippen LogP contribution in [0.15, 0.2) is 36.4 Å². The van der Waals surface area contributed by atoms with Crippen molar-refractivity contribution >= 4 is 23.3 Å². The highest BCUT2D eigenvalue weighted by Gasteiger charge is 2.15. The highest BCUT2D eigenvalue weighted by atomic mass is 35.5. The molecule has 0 aromatic heterocycles. The summed E-state index contributed by atoms with van der Waals surface area (Å²) in [6.07, 6.45) is 0. The van der Waals surface area contributed by atoms with E-state index in [1.807, 2.05) is 0 Å². The molecule has 0 radical (unpaired) electrons. The average molecular weight is 298 g/mol. The van der Waals surface area contributed by atoms with Crippen molar-refractivity contribution in [2.75, 3.05) is 5.73 Å². The summed E-state index contributed by atoms with van der Waals surface area (Å²) in [5.74, 6) is -2.33. The number of halogens is 3. The largest absolute Gasteiger partial charge is 0.457 e. The molecule has 0 saturated heterocycles. The van der Waals surface area contributed by atoms with Crippen LogP contribution in [-0.4, -0.2) is 5.97 Å². The molecular formula is C14H10ClF2NO2. The van der Waals surface area contributed by atoms with Crippen LogP contribution in [0.3, 0.4) is 0 Å². The Balaban J connectivity index is 2.13. The van der Waals surface area contributed by atoms with E-state index >= 15 is 0 Å². The fourth-order valence-corrected chi connectivity index (χ4v) is 1.79. The van der Waals surface area contributed by atoms with Crippen molar-refractivity contribution in [2.45, 2.75) is 6.61 Å². The summed E-state index contributed by atoms with van der Waals surface area (Å²) in [5, 5.41) is 0.374. The zero-order valence-corrected chi connectivity index (χ0v) is 11.0. The lowest BCUT2D eigenvalue weighted by atomic mass is 10.2. The van der Waals surface area contributed by atoms with Crippen LogP contribution in [0.2, 0.25) is 5.02 Å². The second-order valence-electron chi connectivity index (χ2n) is 4.01. The summed E-state index contributed by atoms with van der Waals surface area (Å²) in [5.41, 5.74) is 5.53. The van der Waals surface area contributed by atoms with Gasteiger partial charge in [-0.05, 0) is 30.3 Å². The molecule has 104 valence electrons. The first kappa shape index (κ1) is 14.3. The highest BCUT2D eigenvalue weighted by Crippen LogP contribution is 2.20. The normalized spacial score (nSPS) is 10.3. The zero-order valence-electron chi connectivity index (χ0n) is 10.2. The lowest BCUT2D eigenvalue weighted by Crippen LogP contribution is -2.09. The maximum Gasteiger partial charge on any atom is 0.340 e. The molecule has 0 amide bonds. The van der Waals surface area contributed by atoms with Crippen LogP contribution in [0, 0.1) is 11.6 Å². The molecule has 0 bridgehead atoms. The van der Waals surface area contributed by atoms with Gasteiger partial charge in [0.05, 0.1) is 11.1 Å². The minimum absolute atomic E-state index is 0.0890. The van der Waals surface area contributed by atoms with Crippen LogP contribution in [-0.2, 0) is 11.3 Å². The van der Waals surface area contributed by atoms with Crippen molar-refractivity contribution < 1.29 is 18.3 Å². The molecule has 2 aromatic rings. The predicted octanol–water partition coefficient (Wildman–Crippen LogP) is 3.56. The molecule has 0 atom stereocenters. The van der Waals surface area contributed by atoms with E-state index < -0.39 is 24.2 Å². The van der Waals surface area contributed by atoms with Gasteiger partial charge in [0.2, 0.25) is 0 Å². The highest BCUT2D eigenvalue weighted by molar-refractivity contribution is 6.31. The topological polar surface area (TPSA) is 52.3 Å². The third-order valence-corrected chi connectivity index (χ3v) is 2.88. The van der Waals surface area contributed by atoms with Crippen LogP contribution < -0.4 is 5.73 Å². The van der Waals surface area contributed by atoms with E-state index in [2.05, 4.69) is 0 Å². The monoisotopic (exact) mass is 297 g/mol. The molecule has 0 aliphatic heterocycles. The van der Waals surface area contributed by atoms with E-state index in [0.29, 0.717) is 5.02 Å². The van der Waals surface area contributed by atoms with Gasteiger partial charge in [-0.1, -0.05) is 17.7 Å². The number of nitrogens with two attached hydrogens (primary N) is 1. The third kappa shape index (κ3) is 3.05. The molecule has 0 aliphatic carbocycles. The molecule has 0 saturated carbocycles. The van der Waals surface area contributed by atoms with Gasteiger partial charge in [-0.15, -0.1) is 0 Å². The molecule has 0 heterocycles. The molecule has 0 fully saturated rings. The Morgan fingerprint density at radius 1 is 1.20 bits per heavy atom. The molecule has 0 aliphatic rings. The fraction of sp³-hybridized carbons (Fsp3) is 0.0714. The second-order valence-corrected chi connectivity index (χ2v) is 4.44. The molecule has 20 heavy (non-hydrogen) atoms. The third-order valence-electron chi connectivity index (χ3n) is 2.64. The van der Waals surface area contributed by atoms with Gasteiger partial charge in [-0.3, -0.25) is 0 Å². The van der Waals surface area contributed by atoms with E-state index in [-0.39, 0.29) is 16.8 Å². The maximum atomic E-state index is 13.4. The molecule has 2 N–H and O–H groups in total. The van der Waals surface area contributed by atoms with Crippen LogP contribution in [0.5, 0.6) is 0 Å². The van der Waals surface area contributed by atoms with Crippen molar-refractivity contribution in [3.8, 4) is 0 Å². The van der Waals surface area contributed by atoms with Gasteiger partial charge in [-0.25, -0.2) is 13.6 Å². The number of benzene rings is 2. The predicted molar refractivity (Wildman–Crippen MR) is 71.3 cm³/mol. The Hall–Kier alpha value is -2.14. The summed E-state index contributed by atoms with van der Waals surface area (Å²) in [6.45, 7) is -0.514. The molecule has 0 unspecified atom stereocenters. The van der Waals surface area contributed by atoms with Crippen molar-refractivity contribution in [1.29, 1.82) is 0 Å². The van der Waals surface area contributed by atoms with Gasteiger partial charge >= 0.3 is 5.97 Å². The van der Waals surface area contributed by atoms with Crippen LogP contribution >= 0.6 is 11.6 Å². The number of hydrogen-bond donors (Lipinski definition) is 1. The average Bonchev–Trinajstić information content (AvgIpc) is 2.37. The summed E-state index contributed by atoms with van der Waals surface area (Å²) in [6, 6.07) is 7.65. The molecule has 2 aromatic carbocycles.